The van der Waals surface area contributed by atoms with E-state index in [2.05, 4.69) is 5.92 Å². The van der Waals surface area contributed by atoms with Crippen LogP contribution >= 0.6 is 0 Å². The minimum atomic E-state index is -4.22. The monoisotopic (exact) mass is 690 g/mol. The zero-order chi connectivity index (χ0) is 35.9. The summed E-state index contributed by atoms with van der Waals surface area (Å²) in [5.41, 5.74) is 6.50. The number of nitro benzene ring substituents is 1. The summed E-state index contributed by atoms with van der Waals surface area (Å²) in [4.78, 5) is 66.2. The number of hydrogen-bond acceptors (Lipinski definition) is 12. The maximum atomic E-state index is 13.9. The first kappa shape index (κ1) is 35.8. The van der Waals surface area contributed by atoms with Crippen LogP contribution < -0.4 is 5.73 Å². The molecule has 0 radical (unpaired) electrons. The molecule has 15 nitrogen and oxygen atoms in total. The Balaban J connectivity index is 1.68. The fourth-order valence-electron chi connectivity index (χ4n) is 4.83. The number of β-lactam (4-membered cyclic amide) rings is 1. The SMILES string of the molecule is C#CC1C(N(C(=O)OCc2ccc([N+](=O)[O-])cc2)C(=O)[C@@H](N)c2ccccc2)C(=O)N1C(C(=O)OCc1ccccc1)=C(C)OS(C)(=O)=O. The maximum Gasteiger partial charge on any atom is 0.417 e. The lowest BCUT2D eigenvalue weighted by Gasteiger charge is -2.48. The fraction of sp³-hybridized carbons (Fsp3) is 0.212. The molecule has 3 aromatic carbocycles. The van der Waals surface area contributed by atoms with Crippen molar-refractivity contribution in [2.75, 3.05) is 6.26 Å². The van der Waals surface area contributed by atoms with Crippen LogP contribution in [0.1, 0.15) is 29.7 Å². The van der Waals surface area contributed by atoms with E-state index in [9.17, 15) is 37.7 Å². The number of nitrogens with two attached hydrogens (primary N) is 1. The maximum absolute atomic E-state index is 13.9. The van der Waals surface area contributed by atoms with Gasteiger partial charge in [-0.25, -0.2) is 14.5 Å². The lowest BCUT2D eigenvalue weighted by Crippen LogP contribution is -2.72. The molecule has 2 unspecified atom stereocenters. The molecule has 0 aromatic heterocycles. The van der Waals surface area contributed by atoms with E-state index in [4.69, 9.17) is 25.8 Å². The molecule has 1 heterocycles. The van der Waals surface area contributed by atoms with Crippen molar-refractivity contribution in [3.05, 3.63) is 123 Å². The molecule has 49 heavy (non-hydrogen) atoms. The largest absolute Gasteiger partial charge is 0.456 e. The third-order valence-electron chi connectivity index (χ3n) is 7.14. The highest BCUT2D eigenvalue weighted by Gasteiger charge is 2.57. The van der Waals surface area contributed by atoms with Crippen molar-refractivity contribution < 1.29 is 46.2 Å². The van der Waals surface area contributed by atoms with Gasteiger partial charge in [0.1, 0.15) is 31.1 Å². The van der Waals surface area contributed by atoms with Gasteiger partial charge in [0.25, 0.3) is 17.5 Å². The second-order valence-corrected chi connectivity index (χ2v) is 12.2. The number of benzene rings is 3. The molecule has 3 aromatic rings. The Labute approximate surface area is 281 Å². The standard InChI is InChI=1S/C33H30N4O11S/c1-4-26-29(31(39)35(26)28(21(2)48-49(3,44)45)32(40)46-19-22-11-7-5-8-12-22)36(30(38)27(34)24-13-9-6-10-14-24)33(41)47-20-23-15-17-25(18-16-23)37(42)43/h1,5-18,26-27,29H,19-20,34H2,2-3H3/t26?,27-,29?/m0/s1. The fourth-order valence-corrected chi connectivity index (χ4v) is 5.36. The number of nitrogens with zero attached hydrogens (tertiary/aromatic N) is 3. The summed E-state index contributed by atoms with van der Waals surface area (Å²) in [7, 11) is -4.22. The number of carbonyl (C=O) groups is 4. The third kappa shape index (κ3) is 8.46. The van der Waals surface area contributed by atoms with Gasteiger partial charge in [0.15, 0.2) is 11.7 Å². The molecule has 254 valence electrons. The first-order valence-electron chi connectivity index (χ1n) is 14.4. The predicted molar refractivity (Wildman–Crippen MR) is 172 cm³/mol. The molecular formula is C33H30N4O11S. The van der Waals surface area contributed by atoms with Crippen molar-refractivity contribution in [3.8, 4) is 12.3 Å². The number of ether oxygens (including phenoxy) is 2. The molecule has 0 aliphatic carbocycles. The number of nitro groups is 1. The highest BCUT2D eigenvalue weighted by Crippen LogP contribution is 2.34. The Morgan fingerprint density at radius 3 is 2.08 bits per heavy atom. The summed E-state index contributed by atoms with van der Waals surface area (Å²) >= 11 is 0. The smallest absolute Gasteiger partial charge is 0.417 e. The van der Waals surface area contributed by atoms with Crippen LogP contribution in [0.15, 0.2) is 96.4 Å². The van der Waals surface area contributed by atoms with Gasteiger partial charge in [0.2, 0.25) is 0 Å². The summed E-state index contributed by atoms with van der Waals surface area (Å²) in [6.45, 7) is 0.360. The quantitative estimate of drug-likeness (QED) is 0.0426. The van der Waals surface area contributed by atoms with Gasteiger partial charge in [0.05, 0.1) is 11.2 Å². The van der Waals surface area contributed by atoms with Crippen molar-refractivity contribution in [1.29, 1.82) is 0 Å². The highest BCUT2D eigenvalue weighted by molar-refractivity contribution is 7.86. The number of hydrogen-bond donors (Lipinski definition) is 1. The Kier molecular flexibility index (Phi) is 11.1. The second-order valence-electron chi connectivity index (χ2n) is 10.6. The molecule has 3 amide bonds. The molecule has 1 saturated heterocycles. The van der Waals surface area contributed by atoms with Gasteiger partial charge in [-0.1, -0.05) is 66.6 Å². The van der Waals surface area contributed by atoms with Crippen molar-refractivity contribution in [1.82, 2.24) is 9.80 Å². The lowest BCUT2D eigenvalue weighted by molar-refractivity contribution is -0.384. The number of terminal acetylenes is 1. The number of amides is 3. The van der Waals surface area contributed by atoms with Gasteiger partial charge in [0, 0.05) is 12.1 Å². The van der Waals surface area contributed by atoms with Crippen LogP contribution in [0.3, 0.4) is 0 Å². The van der Waals surface area contributed by atoms with Crippen LogP contribution in [0.5, 0.6) is 0 Å². The number of likely N-dealkylation sites (tertiary alicyclic amines) is 1. The van der Waals surface area contributed by atoms with E-state index in [1.54, 1.807) is 48.5 Å². The highest BCUT2D eigenvalue weighted by atomic mass is 32.2. The van der Waals surface area contributed by atoms with Crippen LogP contribution in [0.25, 0.3) is 0 Å². The van der Waals surface area contributed by atoms with Crippen molar-refractivity contribution >= 4 is 39.7 Å². The third-order valence-corrected chi connectivity index (χ3v) is 7.69. The minimum Gasteiger partial charge on any atom is -0.456 e. The zero-order valence-electron chi connectivity index (χ0n) is 26.1. The molecule has 3 atom stereocenters. The van der Waals surface area contributed by atoms with Crippen LogP contribution in [-0.2, 0) is 51.4 Å². The Morgan fingerprint density at radius 1 is 0.980 bits per heavy atom. The number of non-ortho nitro benzene ring substituents is 1. The Morgan fingerprint density at radius 2 is 1.53 bits per heavy atom. The molecule has 1 fully saturated rings. The van der Waals surface area contributed by atoms with E-state index in [1.807, 2.05) is 0 Å². The average Bonchev–Trinajstić information content (AvgIpc) is 3.08. The first-order chi connectivity index (χ1) is 23.2. The topological polar surface area (TPSA) is 206 Å². The van der Waals surface area contributed by atoms with Crippen LogP contribution in [-0.4, -0.2) is 65.4 Å². The number of rotatable bonds is 12. The predicted octanol–water partition coefficient (Wildman–Crippen LogP) is 2.92. The van der Waals surface area contributed by atoms with Crippen LogP contribution in [0, 0.1) is 22.5 Å². The molecule has 0 spiro atoms. The molecule has 16 heteroatoms. The average molecular weight is 691 g/mol. The summed E-state index contributed by atoms with van der Waals surface area (Å²) in [6.07, 6.45) is 5.16. The Hall–Kier alpha value is -6.05. The van der Waals surface area contributed by atoms with Gasteiger partial charge in [-0.3, -0.25) is 24.6 Å². The van der Waals surface area contributed by atoms with Crippen molar-refractivity contribution in [2.45, 2.75) is 38.3 Å². The van der Waals surface area contributed by atoms with E-state index >= 15 is 0 Å². The minimum absolute atomic E-state index is 0.209. The van der Waals surface area contributed by atoms with Gasteiger partial charge in [-0.15, -0.1) is 6.42 Å². The first-order valence-corrected chi connectivity index (χ1v) is 16.2. The van der Waals surface area contributed by atoms with Crippen LogP contribution in [0.4, 0.5) is 10.5 Å². The number of carbonyl (C=O) groups excluding carboxylic acids is 4. The van der Waals surface area contributed by atoms with E-state index < -0.39 is 75.1 Å². The second kappa shape index (κ2) is 15.2. The van der Waals surface area contributed by atoms with Gasteiger partial charge < -0.3 is 19.4 Å². The summed E-state index contributed by atoms with van der Waals surface area (Å²) in [6, 6.07) is 16.6. The van der Waals surface area contributed by atoms with E-state index in [0.29, 0.717) is 20.9 Å². The summed E-state index contributed by atoms with van der Waals surface area (Å²) in [5, 5.41) is 11.0. The van der Waals surface area contributed by atoms with Crippen molar-refractivity contribution in [2.24, 2.45) is 5.73 Å². The lowest BCUT2D eigenvalue weighted by atomic mass is 9.91. The zero-order valence-corrected chi connectivity index (χ0v) is 26.9. The molecule has 1 aliphatic rings. The molecule has 1 aliphatic heterocycles. The van der Waals surface area contributed by atoms with Crippen LogP contribution in [0.2, 0.25) is 0 Å². The van der Waals surface area contributed by atoms with E-state index in [1.165, 1.54) is 36.4 Å². The molecule has 2 N–H and O–H groups in total. The molecule has 4 rings (SSSR count). The van der Waals surface area contributed by atoms with Gasteiger partial charge in [-0.05, 0) is 35.7 Å². The summed E-state index contributed by atoms with van der Waals surface area (Å²) < 4.78 is 39.6. The van der Waals surface area contributed by atoms with E-state index in [-0.39, 0.29) is 17.9 Å². The van der Waals surface area contributed by atoms with Gasteiger partial charge in [-0.2, -0.15) is 8.42 Å². The molecule has 0 saturated carbocycles. The normalized spacial score (nSPS) is 16.6. The number of esters is 1. The number of imide groups is 1. The van der Waals surface area contributed by atoms with Crippen molar-refractivity contribution in [3.63, 3.8) is 0 Å². The Bertz CT molecular complexity index is 1930. The molecule has 0 bridgehead atoms. The summed E-state index contributed by atoms with van der Waals surface area (Å²) in [5.74, 6) is -1.64. The van der Waals surface area contributed by atoms with Gasteiger partial charge >= 0.3 is 22.2 Å². The molecular weight excluding hydrogens is 660 g/mol. The number of allylic oxidation sites excluding steroid dienone is 1. The van der Waals surface area contributed by atoms with E-state index in [0.717, 1.165) is 13.2 Å².